The van der Waals surface area contributed by atoms with Gasteiger partial charge in [0.2, 0.25) is 0 Å². The highest BCUT2D eigenvalue weighted by molar-refractivity contribution is 5.37. The molecule has 3 rings (SSSR count). The van der Waals surface area contributed by atoms with Gasteiger partial charge in [0.1, 0.15) is 17.3 Å². The molecule has 0 saturated heterocycles. The monoisotopic (exact) mass is 271 g/mol. The number of aryl methyl sites for hydroxylation is 1. The topological polar surface area (TPSA) is 34.4 Å². The van der Waals surface area contributed by atoms with E-state index < -0.39 is 0 Å². The Bertz CT molecular complexity index is 570. The summed E-state index contributed by atoms with van der Waals surface area (Å²) < 4.78 is 11.0. The molecule has 20 heavy (non-hydrogen) atoms. The van der Waals surface area contributed by atoms with Gasteiger partial charge in [0.25, 0.3) is 0 Å². The zero-order chi connectivity index (χ0) is 13.9. The highest BCUT2D eigenvalue weighted by Gasteiger charge is 2.31. The number of furan rings is 1. The molecule has 0 amide bonds. The van der Waals surface area contributed by atoms with Crippen molar-refractivity contribution in [1.29, 1.82) is 0 Å². The maximum absolute atomic E-state index is 5.57. The van der Waals surface area contributed by atoms with Crippen LogP contribution < -0.4 is 10.1 Å². The molecule has 1 saturated carbocycles. The van der Waals surface area contributed by atoms with Crippen LogP contribution in [0.3, 0.4) is 0 Å². The fourth-order valence-corrected chi connectivity index (χ4v) is 2.87. The summed E-state index contributed by atoms with van der Waals surface area (Å²) in [5.74, 6) is 3.62. The van der Waals surface area contributed by atoms with E-state index in [2.05, 4.69) is 17.4 Å². The minimum Gasteiger partial charge on any atom is -0.496 e. The van der Waals surface area contributed by atoms with Crippen LogP contribution in [-0.4, -0.2) is 13.2 Å². The van der Waals surface area contributed by atoms with E-state index in [1.54, 1.807) is 7.11 Å². The van der Waals surface area contributed by atoms with Gasteiger partial charge in [-0.1, -0.05) is 18.2 Å². The van der Waals surface area contributed by atoms with Crippen molar-refractivity contribution in [2.24, 2.45) is 0 Å². The number of methoxy groups -OCH3 is 1. The van der Waals surface area contributed by atoms with Crippen LogP contribution in [0.2, 0.25) is 0 Å². The summed E-state index contributed by atoms with van der Waals surface area (Å²) in [6.07, 6.45) is 2.33. The highest BCUT2D eigenvalue weighted by Crippen LogP contribution is 2.40. The molecule has 0 bridgehead atoms. The molecule has 0 radical (unpaired) electrons. The molecule has 2 aromatic rings. The molecular weight excluding hydrogens is 250 g/mol. The lowest BCUT2D eigenvalue weighted by molar-refractivity contribution is 0.274. The molecule has 0 aliphatic heterocycles. The largest absolute Gasteiger partial charge is 0.496 e. The lowest BCUT2D eigenvalue weighted by Crippen LogP contribution is -2.39. The van der Waals surface area contributed by atoms with Crippen LogP contribution in [0.1, 0.15) is 35.8 Å². The molecule has 1 fully saturated rings. The number of hydrogen-bond acceptors (Lipinski definition) is 3. The Labute approximate surface area is 119 Å². The number of rotatable bonds is 5. The number of hydrogen-bond donors (Lipinski definition) is 1. The first-order chi connectivity index (χ1) is 9.76. The number of nitrogens with one attached hydrogen (secondary N) is 1. The molecule has 1 aliphatic rings. The van der Waals surface area contributed by atoms with Crippen molar-refractivity contribution in [1.82, 2.24) is 5.32 Å². The lowest BCUT2D eigenvalue weighted by Gasteiger charge is -2.36. The van der Waals surface area contributed by atoms with Crippen LogP contribution in [0, 0.1) is 6.92 Å². The smallest absolute Gasteiger partial charge is 0.122 e. The van der Waals surface area contributed by atoms with E-state index in [1.165, 1.54) is 18.4 Å². The summed E-state index contributed by atoms with van der Waals surface area (Å²) in [6.45, 7) is 2.79. The predicted octanol–water partition coefficient (Wildman–Crippen LogP) is 3.63. The van der Waals surface area contributed by atoms with E-state index in [0.717, 1.165) is 23.8 Å². The van der Waals surface area contributed by atoms with Gasteiger partial charge in [0, 0.05) is 6.04 Å². The minimum absolute atomic E-state index is 0.579. The molecular formula is C17H21NO2. The average molecular weight is 271 g/mol. The SMILES string of the molecule is COc1ccccc1C1CC(NCc2ccc(C)o2)C1. The van der Waals surface area contributed by atoms with E-state index in [9.17, 15) is 0 Å². The van der Waals surface area contributed by atoms with Crippen molar-refractivity contribution >= 4 is 0 Å². The van der Waals surface area contributed by atoms with Crippen molar-refractivity contribution in [2.45, 2.75) is 38.3 Å². The maximum atomic E-state index is 5.57. The third-order valence-electron chi connectivity index (χ3n) is 4.08. The highest BCUT2D eigenvalue weighted by atomic mass is 16.5. The van der Waals surface area contributed by atoms with E-state index in [1.807, 2.05) is 31.2 Å². The first kappa shape index (κ1) is 13.3. The Morgan fingerprint density at radius 3 is 2.70 bits per heavy atom. The molecule has 3 nitrogen and oxygen atoms in total. The molecule has 1 aliphatic carbocycles. The van der Waals surface area contributed by atoms with Crippen LogP contribution in [0.25, 0.3) is 0 Å². The molecule has 0 unspecified atom stereocenters. The minimum atomic E-state index is 0.579. The number of ether oxygens (including phenoxy) is 1. The fraction of sp³-hybridized carbons (Fsp3) is 0.412. The number of para-hydroxylation sites is 1. The summed E-state index contributed by atoms with van der Waals surface area (Å²) in [4.78, 5) is 0. The predicted molar refractivity (Wildman–Crippen MR) is 79.0 cm³/mol. The Morgan fingerprint density at radius 2 is 2.00 bits per heavy atom. The van der Waals surface area contributed by atoms with Gasteiger partial charge in [0.05, 0.1) is 13.7 Å². The Kier molecular flexibility index (Phi) is 3.79. The molecule has 1 aromatic carbocycles. The summed E-state index contributed by atoms with van der Waals surface area (Å²) in [7, 11) is 1.74. The molecule has 0 spiro atoms. The maximum Gasteiger partial charge on any atom is 0.122 e. The molecule has 1 aromatic heterocycles. The van der Waals surface area contributed by atoms with E-state index in [0.29, 0.717) is 12.0 Å². The summed E-state index contributed by atoms with van der Waals surface area (Å²) in [5, 5.41) is 3.55. The second-order valence-corrected chi connectivity index (χ2v) is 5.50. The van der Waals surface area contributed by atoms with Crippen molar-refractivity contribution in [3.05, 3.63) is 53.5 Å². The average Bonchev–Trinajstić information content (AvgIpc) is 2.83. The quantitative estimate of drug-likeness (QED) is 0.901. The Morgan fingerprint density at radius 1 is 1.20 bits per heavy atom. The molecule has 1 N–H and O–H groups in total. The van der Waals surface area contributed by atoms with Crippen LogP contribution >= 0.6 is 0 Å². The van der Waals surface area contributed by atoms with Crippen molar-refractivity contribution < 1.29 is 9.15 Å². The second-order valence-electron chi connectivity index (χ2n) is 5.50. The van der Waals surface area contributed by atoms with Gasteiger partial charge < -0.3 is 14.5 Å². The second kappa shape index (κ2) is 5.71. The van der Waals surface area contributed by atoms with Gasteiger partial charge >= 0.3 is 0 Å². The van der Waals surface area contributed by atoms with Crippen LogP contribution in [-0.2, 0) is 6.54 Å². The molecule has 106 valence electrons. The third kappa shape index (κ3) is 2.73. The van der Waals surface area contributed by atoms with Crippen molar-refractivity contribution in [3.8, 4) is 5.75 Å². The zero-order valence-electron chi connectivity index (χ0n) is 12.1. The van der Waals surface area contributed by atoms with E-state index >= 15 is 0 Å². The zero-order valence-corrected chi connectivity index (χ0v) is 12.1. The van der Waals surface area contributed by atoms with Gasteiger partial charge in [-0.2, -0.15) is 0 Å². The molecule has 1 heterocycles. The van der Waals surface area contributed by atoms with Gasteiger partial charge in [-0.25, -0.2) is 0 Å². The fourth-order valence-electron chi connectivity index (χ4n) is 2.87. The van der Waals surface area contributed by atoms with Crippen LogP contribution in [0.5, 0.6) is 5.75 Å². The van der Waals surface area contributed by atoms with Gasteiger partial charge in [-0.3, -0.25) is 0 Å². The van der Waals surface area contributed by atoms with Crippen molar-refractivity contribution in [2.75, 3.05) is 7.11 Å². The molecule has 0 atom stereocenters. The standard InChI is InChI=1S/C17H21NO2/c1-12-7-8-15(20-12)11-18-14-9-13(10-14)16-5-3-4-6-17(16)19-2/h3-8,13-14,18H,9-11H2,1-2H3. The summed E-state index contributed by atoms with van der Waals surface area (Å²) in [6, 6.07) is 13.0. The van der Waals surface area contributed by atoms with Gasteiger partial charge in [-0.05, 0) is 49.4 Å². The van der Waals surface area contributed by atoms with Gasteiger partial charge in [-0.15, -0.1) is 0 Å². The van der Waals surface area contributed by atoms with Gasteiger partial charge in [0.15, 0.2) is 0 Å². The number of benzene rings is 1. The normalized spacial score (nSPS) is 21.5. The lowest BCUT2D eigenvalue weighted by atomic mass is 9.75. The van der Waals surface area contributed by atoms with E-state index in [4.69, 9.17) is 9.15 Å². The Hall–Kier alpha value is -1.74. The summed E-state index contributed by atoms with van der Waals surface area (Å²) >= 11 is 0. The third-order valence-corrected chi connectivity index (χ3v) is 4.08. The van der Waals surface area contributed by atoms with E-state index in [-0.39, 0.29) is 0 Å². The van der Waals surface area contributed by atoms with Crippen molar-refractivity contribution in [3.63, 3.8) is 0 Å². The summed E-state index contributed by atoms with van der Waals surface area (Å²) in [5.41, 5.74) is 1.34. The first-order valence-corrected chi connectivity index (χ1v) is 7.18. The van der Waals surface area contributed by atoms with Crippen LogP contribution in [0.4, 0.5) is 0 Å². The molecule has 3 heteroatoms. The first-order valence-electron chi connectivity index (χ1n) is 7.18. The van der Waals surface area contributed by atoms with Crippen LogP contribution in [0.15, 0.2) is 40.8 Å². The Balaban J connectivity index is 1.51.